The number of carbonyl (C=O) groups excluding carboxylic acids is 1. The maximum absolute atomic E-state index is 12.3. The van der Waals surface area contributed by atoms with Crippen molar-refractivity contribution in [2.75, 3.05) is 0 Å². The average Bonchev–Trinajstić information content (AvgIpc) is 2.85. The minimum atomic E-state index is -4.04. The van der Waals surface area contributed by atoms with Crippen LogP contribution in [0.5, 0.6) is 0 Å². The number of rotatable bonds is 5. The van der Waals surface area contributed by atoms with Gasteiger partial charge in [0, 0.05) is 6.07 Å². The van der Waals surface area contributed by atoms with Crippen LogP contribution in [0, 0.1) is 20.8 Å². The molecule has 4 N–H and O–H groups in total. The third-order valence-electron chi connectivity index (χ3n) is 3.50. The molecule has 1 amide bonds. The van der Waals surface area contributed by atoms with Crippen LogP contribution in [-0.2, 0) is 14.8 Å². The van der Waals surface area contributed by atoms with E-state index in [1.54, 1.807) is 12.1 Å². The number of furan rings is 1. The number of amides is 1. The van der Waals surface area contributed by atoms with Crippen molar-refractivity contribution in [3.63, 3.8) is 0 Å². The van der Waals surface area contributed by atoms with E-state index in [9.17, 15) is 23.1 Å². The summed E-state index contributed by atoms with van der Waals surface area (Å²) in [5.74, 6) is -2.50. The molecule has 25 heavy (non-hydrogen) atoms. The van der Waals surface area contributed by atoms with Gasteiger partial charge in [0.25, 0.3) is 5.91 Å². The Morgan fingerprint density at radius 3 is 2.12 bits per heavy atom. The van der Waals surface area contributed by atoms with Gasteiger partial charge in [-0.1, -0.05) is 29.3 Å². The Hall–Kier alpha value is -2.65. The SMILES string of the molecule is Cc1cc(C)cc(C(NC(=O)c2cc(S(N)(=O)=O)c(C)o2)C(=O)O)c1. The van der Waals surface area contributed by atoms with E-state index in [0.717, 1.165) is 17.2 Å². The van der Waals surface area contributed by atoms with Gasteiger partial charge in [0.1, 0.15) is 10.7 Å². The molecular weight excluding hydrogens is 348 g/mol. The Balaban J connectivity index is 2.34. The number of primary sulfonamides is 1. The summed E-state index contributed by atoms with van der Waals surface area (Å²) >= 11 is 0. The molecule has 9 heteroatoms. The Morgan fingerprint density at radius 2 is 1.68 bits per heavy atom. The number of aryl methyl sites for hydroxylation is 3. The highest BCUT2D eigenvalue weighted by atomic mass is 32.2. The summed E-state index contributed by atoms with van der Waals surface area (Å²) in [5, 5.41) is 16.8. The Bertz CT molecular complexity index is 925. The quantitative estimate of drug-likeness (QED) is 0.731. The number of aliphatic carboxylic acids is 1. The van der Waals surface area contributed by atoms with Gasteiger partial charge in [0.05, 0.1) is 0 Å². The first-order valence-electron chi connectivity index (χ1n) is 7.24. The number of nitrogens with one attached hydrogen (secondary N) is 1. The van der Waals surface area contributed by atoms with Crippen molar-refractivity contribution in [3.05, 3.63) is 52.5 Å². The monoisotopic (exact) mass is 366 g/mol. The van der Waals surface area contributed by atoms with Crippen LogP contribution in [0.4, 0.5) is 0 Å². The fourth-order valence-corrected chi connectivity index (χ4v) is 3.24. The fourth-order valence-electron chi connectivity index (χ4n) is 2.53. The fraction of sp³-hybridized carbons (Fsp3) is 0.250. The van der Waals surface area contributed by atoms with E-state index in [-0.39, 0.29) is 16.4 Å². The molecule has 1 aromatic heterocycles. The summed E-state index contributed by atoms with van der Waals surface area (Å²) in [6.45, 7) is 4.96. The number of hydrogen-bond donors (Lipinski definition) is 3. The number of hydrogen-bond acceptors (Lipinski definition) is 5. The minimum Gasteiger partial charge on any atom is -0.479 e. The minimum absolute atomic E-state index is 0.0501. The highest BCUT2D eigenvalue weighted by molar-refractivity contribution is 7.89. The van der Waals surface area contributed by atoms with Gasteiger partial charge in [-0.05, 0) is 26.3 Å². The molecule has 0 spiro atoms. The molecule has 2 rings (SSSR count). The van der Waals surface area contributed by atoms with Gasteiger partial charge in [-0.3, -0.25) is 4.79 Å². The molecule has 8 nitrogen and oxygen atoms in total. The maximum atomic E-state index is 12.3. The van der Waals surface area contributed by atoms with E-state index in [2.05, 4.69) is 5.32 Å². The molecule has 134 valence electrons. The largest absolute Gasteiger partial charge is 0.479 e. The predicted octanol–water partition coefficient (Wildman–Crippen LogP) is 1.41. The Kier molecular flexibility index (Phi) is 5.00. The lowest BCUT2D eigenvalue weighted by atomic mass is 10.0. The number of sulfonamides is 1. The molecule has 0 bridgehead atoms. The summed E-state index contributed by atoms with van der Waals surface area (Å²) in [7, 11) is -4.04. The molecule has 0 saturated carbocycles. The summed E-state index contributed by atoms with van der Waals surface area (Å²) in [6.07, 6.45) is 0. The second kappa shape index (κ2) is 6.69. The van der Waals surface area contributed by atoms with Crippen LogP contribution in [0.3, 0.4) is 0 Å². The third kappa shape index (κ3) is 4.25. The molecule has 0 saturated heterocycles. The topological polar surface area (TPSA) is 140 Å². The molecule has 1 aromatic carbocycles. The zero-order chi connectivity index (χ0) is 18.9. The lowest BCUT2D eigenvalue weighted by Crippen LogP contribution is -2.33. The van der Waals surface area contributed by atoms with Gasteiger partial charge < -0.3 is 14.8 Å². The van der Waals surface area contributed by atoms with E-state index >= 15 is 0 Å². The zero-order valence-corrected chi connectivity index (χ0v) is 14.7. The highest BCUT2D eigenvalue weighted by Crippen LogP contribution is 2.21. The van der Waals surface area contributed by atoms with Crippen molar-refractivity contribution in [1.82, 2.24) is 5.32 Å². The van der Waals surface area contributed by atoms with Crippen molar-refractivity contribution >= 4 is 21.9 Å². The zero-order valence-electron chi connectivity index (χ0n) is 13.9. The van der Waals surface area contributed by atoms with Crippen LogP contribution < -0.4 is 10.5 Å². The first-order valence-corrected chi connectivity index (χ1v) is 8.79. The second-order valence-corrected chi connectivity index (χ2v) is 7.27. The van der Waals surface area contributed by atoms with Crippen molar-refractivity contribution in [3.8, 4) is 0 Å². The van der Waals surface area contributed by atoms with Crippen LogP contribution in [-0.4, -0.2) is 25.4 Å². The van der Waals surface area contributed by atoms with E-state index in [4.69, 9.17) is 9.56 Å². The average molecular weight is 366 g/mol. The second-order valence-electron chi connectivity index (χ2n) is 5.74. The van der Waals surface area contributed by atoms with E-state index in [0.29, 0.717) is 5.56 Å². The molecule has 1 atom stereocenters. The van der Waals surface area contributed by atoms with Crippen LogP contribution in [0.15, 0.2) is 33.6 Å². The van der Waals surface area contributed by atoms with Crippen LogP contribution in [0.1, 0.15) is 39.0 Å². The predicted molar refractivity (Wildman–Crippen MR) is 88.6 cm³/mol. The summed E-state index contributed by atoms with van der Waals surface area (Å²) in [4.78, 5) is 23.5. The Labute approximate surface area is 144 Å². The summed E-state index contributed by atoms with van der Waals surface area (Å²) in [5.41, 5.74) is 2.09. The van der Waals surface area contributed by atoms with Gasteiger partial charge in [-0.25, -0.2) is 18.4 Å². The molecule has 0 radical (unpaired) electrons. The molecule has 1 heterocycles. The standard InChI is InChI=1S/C16H18N2O6S/c1-8-4-9(2)6-11(5-8)14(16(20)21)18-15(19)12-7-13(10(3)24-12)25(17,22)23/h4-7,14H,1-3H3,(H,18,19)(H,20,21)(H2,17,22,23). The van der Waals surface area contributed by atoms with Gasteiger partial charge >= 0.3 is 5.97 Å². The van der Waals surface area contributed by atoms with Crippen molar-refractivity contribution < 1.29 is 27.5 Å². The Morgan fingerprint density at radius 1 is 1.12 bits per heavy atom. The number of nitrogens with two attached hydrogens (primary N) is 1. The summed E-state index contributed by atoms with van der Waals surface area (Å²) < 4.78 is 27.9. The number of carboxylic acid groups (broad SMARTS) is 1. The molecule has 0 fully saturated rings. The van der Waals surface area contributed by atoms with E-state index < -0.39 is 27.9 Å². The van der Waals surface area contributed by atoms with Gasteiger partial charge in [0.2, 0.25) is 10.0 Å². The highest BCUT2D eigenvalue weighted by Gasteiger charge is 2.26. The maximum Gasteiger partial charge on any atom is 0.330 e. The van der Waals surface area contributed by atoms with Crippen molar-refractivity contribution in [2.45, 2.75) is 31.7 Å². The first kappa shape index (κ1) is 18.7. The van der Waals surface area contributed by atoms with E-state index in [1.165, 1.54) is 6.92 Å². The molecule has 0 aliphatic heterocycles. The smallest absolute Gasteiger partial charge is 0.330 e. The van der Waals surface area contributed by atoms with Crippen LogP contribution in [0.25, 0.3) is 0 Å². The van der Waals surface area contributed by atoms with Gasteiger partial charge in [-0.2, -0.15) is 0 Å². The van der Waals surface area contributed by atoms with Crippen molar-refractivity contribution in [1.29, 1.82) is 0 Å². The van der Waals surface area contributed by atoms with Gasteiger partial charge in [-0.15, -0.1) is 0 Å². The number of benzene rings is 1. The lowest BCUT2D eigenvalue weighted by Gasteiger charge is -2.15. The van der Waals surface area contributed by atoms with Crippen LogP contribution >= 0.6 is 0 Å². The summed E-state index contributed by atoms with van der Waals surface area (Å²) in [6, 6.07) is 4.83. The first-order chi connectivity index (χ1) is 11.5. The lowest BCUT2D eigenvalue weighted by molar-refractivity contribution is -0.139. The normalized spacial score (nSPS) is 12.6. The molecule has 1 unspecified atom stereocenters. The molecular formula is C16H18N2O6S. The van der Waals surface area contributed by atoms with Crippen molar-refractivity contribution in [2.24, 2.45) is 5.14 Å². The van der Waals surface area contributed by atoms with E-state index in [1.807, 2.05) is 19.9 Å². The van der Waals surface area contributed by atoms with Crippen LogP contribution in [0.2, 0.25) is 0 Å². The molecule has 0 aliphatic carbocycles. The molecule has 0 aliphatic rings. The van der Waals surface area contributed by atoms with Gasteiger partial charge in [0.15, 0.2) is 11.8 Å². The number of carboxylic acids is 1. The number of carbonyl (C=O) groups is 2. The third-order valence-corrected chi connectivity index (χ3v) is 4.52. The molecule has 2 aromatic rings.